The number of hydrogen-bond donors (Lipinski definition) is 1. The van der Waals surface area contributed by atoms with E-state index in [0.29, 0.717) is 6.54 Å². The van der Waals surface area contributed by atoms with Crippen LogP contribution in [0, 0.1) is 0 Å². The summed E-state index contributed by atoms with van der Waals surface area (Å²) in [5.41, 5.74) is 1.90. The van der Waals surface area contributed by atoms with Crippen LogP contribution in [0.4, 0.5) is 5.69 Å². The number of piperazine rings is 1. The molecule has 4 rings (SSSR count). The molecule has 0 saturated carbocycles. The van der Waals surface area contributed by atoms with E-state index in [1.165, 1.54) is 5.69 Å². The van der Waals surface area contributed by atoms with Crippen molar-refractivity contribution in [2.45, 2.75) is 16.2 Å². The van der Waals surface area contributed by atoms with Crippen LogP contribution in [0.3, 0.4) is 0 Å². The van der Waals surface area contributed by atoms with E-state index in [1.54, 1.807) is 18.9 Å². The first kappa shape index (κ1) is 23.2. The third-order valence-corrected chi connectivity index (χ3v) is 6.92. The molecular formula is C27H31N3O2S. The molecule has 3 aromatic carbocycles. The summed E-state index contributed by atoms with van der Waals surface area (Å²) in [6.07, 6.45) is 0.939. The molecule has 1 aliphatic heterocycles. The fourth-order valence-corrected chi connectivity index (χ4v) is 5.03. The number of ether oxygens (including phenoxy) is 1. The van der Waals surface area contributed by atoms with Crippen LogP contribution in [0.15, 0.2) is 88.7 Å². The van der Waals surface area contributed by atoms with Gasteiger partial charge < -0.3 is 15.0 Å². The predicted molar refractivity (Wildman–Crippen MR) is 136 cm³/mol. The molecule has 1 aliphatic rings. The zero-order valence-electron chi connectivity index (χ0n) is 19.1. The highest BCUT2D eigenvalue weighted by molar-refractivity contribution is 7.99. The standard InChI is InChI=1S/C27H31N3O2S/c1-32-25-14-7-6-13-24(25)30-20-18-29(19-21-30)17-9-16-28-27(31)23-12-5-8-15-26(23)33-22-10-3-2-4-11-22/h2-8,10-15H,9,16-21H2,1H3,(H,28,31). The lowest BCUT2D eigenvalue weighted by Gasteiger charge is -2.36. The maximum Gasteiger partial charge on any atom is 0.252 e. The molecule has 172 valence electrons. The van der Waals surface area contributed by atoms with Gasteiger partial charge in [0, 0.05) is 42.5 Å². The Morgan fingerprint density at radius 1 is 0.909 bits per heavy atom. The maximum atomic E-state index is 12.8. The maximum absolute atomic E-state index is 12.8. The van der Waals surface area contributed by atoms with Gasteiger partial charge in [-0.15, -0.1) is 0 Å². The van der Waals surface area contributed by atoms with Crippen molar-refractivity contribution in [1.29, 1.82) is 0 Å². The van der Waals surface area contributed by atoms with Crippen molar-refractivity contribution in [3.8, 4) is 5.75 Å². The molecule has 1 saturated heterocycles. The lowest BCUT2D eigenvalue weighted by Crippen LogP contribution is -2.47. The van der Waals surface area contributed by atoms with Crippen LogP contribution in [0.5, 0.6) is 5.75 Å². The summed E-state index contributed by atoms with van der Waals surface area (Å²) in [6, 6.07) is 26.2. The van der Waals surface area contributed by atoms with Crippen molar-refractivity contribution in [2.24, 2.45) is 0 Å². The number of amides is 1. The molecule has 33 heavy (non-hydrogen) atoms. The zero-order valence-corrected chi connectivity index (χ0v) is 19.9. The van der Waals surface area contributed by atoms with Crippen LogP contribution >= 0.6 is 11.8 Å². The van der Waals surface area contributed by atoms with Gasteiger partial charge in [-0.1, -0.05) is 54.2 Å². The Morgan fingerprint density at radius 3 is 2.39 bits per heavy atom. The van der Waals surface area contributed by atoms with Crippen LogP contribution in [0.2, 0.25) is 0 Å². The average molecular weight is 462 g/mol. The Morgan fingerprint density at radius 2 is 1.61 bits per heavy atom. The SMILES string of the molecule is COc1ccccc1N1CCN(CCCNC(=O)c2ccccc2Sc2ccccc2)CC1. The Balaban J connectivity index is 1.21. The number of carbonyl (C=O) groups is 1. The second-order valence-electron chi connectivity index (χ2n) is 8.02. The second kappa shape index (κ2) is 11.8. The zero-order chi connectivity index (χ0) is 22.9. The van der Waals surface area contributed by atoms with E-state index >= 15 is 0 Å². The second-order valence-corrected chi connectivity index (χ2v) is 9.14. The number of methoxy groups -OCH3 is 1. The van der Waals surface area contributed by atoms with Gasteiger partial charge in [0.05, 0.1) is 18.4 Å². The van der Waals surface area contributed by atoms with E-state index in [0.717, 1.165) is 60.2 Å². The summed E-state index contributed by atoms with van der Waals surface area (Å²) in [7, 11) is 1.72. The highest BCUT2D eigenvalue weighted by atomic mass is 32.2. The quantitative estimate of drug-likeness (QED) is 0.464. The van der Waals surface area contributed by atoms with E-state index in [2.05, 4.69) is 39.4 Å². The molecule has 3 aromatic rings. The number of rotatable bonds is 9. The highest BCUT2D eigenvalue weighted by Gasteiger charge is 2.19. The van der Waals surface area contributed by atoms with Gasteiger partial charge in [0.15, 0.2) is 0 Å². The first-order valence-corrected chi connectivity index (χ1v) is 12.3. The molecular weight excluding hydrogens is 430 g/mol. The third-order valence-electron chi connectivity index (χ3n) is 5.84. The third kappa shape index (κ3) is 6.30. The van der Waals surface area contributed by atoms with Gasteiger partial charge >= 0.3 is 0 Å². The summed E-state index contributed by atoms with van der Waals surface area (Å²) in [4.78, 5) is 19.8. The van der Waals surface area contributed by atoms with E-state index < -0.39 is 0 Å². The van der Waals surface area contributed by atoms with Crippen LogP contribution in [0.25, 0.3) is 0 Å². The molecule has 0 bridgehead atoms. The number of nitrogens with one attached hydrogen (secondary N) is 1. The van der Waals surface area contributed by atoms with Crippen LogP contribution in [-0.2, 0) is 0 Å². The number of benzene rings is 3. The van der Waals surface area contributed by atoms with Crippen LogP contribution in [0.1, 0.15) is 16.8 Å². The lowest BCUT2D eigenvalue weighted by atomic mass is 10.2. The van der Waals surface area contributed by atoms with Gasteiger partial charge in [-0.2, -0.15) is 0 Å². The van der Waals surface area contributed by atoms with Crippen molar-refractivity contribution in [3.63, 3.8) is 0 Å². The molecule has 0 aliphatic carbocycles. The van der Waals surface area contributed by atoms with Gasteiger partial charge in [0.25, 0.3) is 5.91 Å². The minimum Gasteiger partial charge on any atom is -0.495 e. The number of carbonyl (C=O) groups excluding carboxylic acids is 1. The van der Waals surface area contributed by atoms with Crippen LogP contribution in [-0.4, -0.2) is 57.2 Å². The molecule has 0 atom stereocenters. The first-order chi connectivity index (χ1) is 16.2. The molecule has 1 heterocycles. The molecule has 0 spiro atoms. The minimum absolute atomic E-state index is 0.00461. The van der Waals surface area contributed by atoms with Gasteiger partial charge in [-0.3, -0.25) is 9.69 Å². The molecule has 5 nitrogen and oxygen atoms in total. The molecule has 6 heteroatoms. The van der Waals surface area contributed by atoms with Crippen LogP contribution < -0.4 is 15.0 Å². The molecule has 1 amide bonds. The average Bonchev–Trinajstić information content (AvgIpc) is 2.88. The van der Waals surface area contributed by atoms with Gasteiger partial charge in [-0.25, -0.2) is 0 Å². The number of para-hydroxylation sites is 2. The van der Waals surface area contributed by atoms with E-state index in [-0.39, 0.29) is 5.91 Å². The Hall–Kier alpha value is -2.96. The van der Waals surface area contributed by atoms with E-state index in [1.807, 2.05) is 54.6 Å². The molecule has 0 radical (unpaired) electrons. The smallest absolute Gasteiger partial charge is 0.252 e. The van der Waals surface area contributed by atoms with Gasteiger partial charge in [-0.05, 0) is 49.4 Å². The van der Waals surface area contributed by atoms with Crippen molar-refractivity contribution < 1.29 is 9.53 Å². The number of nitrogens with zero attached hydrogens (tertiary/aromatic N) is 2. The summed E-state index contributed by atoms with van der Waals surface area (Å²) >= 11 is 1.62. The first-order valence-electron chi connectivity index (χ1n) is 11.4. The fraction of sp³-hybridized carbons (Fsp3) is 0.296. The Bertz CT molecular complexity index is 1040. The highest BCUT2D eigenvalue weighted by Crippen LogP contribution is 2.30. The van der Waals surface area contributed by atoms with Crippen molar-refractivity contribution >= 4 is 23.4 Å². The summed E-state index contributed by atoms with van der Waals surface area (Å²) in [6.45, 7) is 5.66. The van der Waals surface area contributed by atoms with E-state index in [9.17, 15) is 4.79 Å². The number of hydrogen-bond acceptors (Lipinski definition) is 5. The number of anilines is 1. The van der Waals surface area contributed by atoms with Crippen molar-refractivity contribution in [2.75, 3.05) is 51.3 Å². The largest absolute Gasteiger partial charge is 0.495 e. The summed E-state index contributed by atoms with van der Waals surface area (Å²) in [5, 5.41) is 3.11. The normalized spacial score (nSPS) is 14.2. The summed E-state index contributed by atoms with van der Waals surface area (Å²) in [5.74, 6) is 0.925. The monoisotopic (exact) mass is 461 g/mol. The lowest BCUT2D eigenvalue weighted by molar-refractivity contribution is 0.0948. The molecule has 1 N–H and O–H groups in total. The molecule has 1 fully saturated rings. The molecule has 0 unspecified atom stereocenters. The summed E-state index contributed by atoms with van der Waals surface area (Å²) < 4.78 is 5.51. The Labute approximate surface area is 200 Å². The topological polar surface area (TPSA) is 44.8 Å². The van der Waals surface area contributed by atoms with Crippen molar-refractivity contribution in [3.05, 3.63) is 84.4 Å². The van der Waals surface area contributed by atoms with Gasteiger partial charge in [0.1, 0.15) is 5.75 Å². The molecule has 0 aromatic heterocycles. The van der Waals surface area contributed by atoms with E-state index in [4.69, 9.17) is 4.74 Å². The minimum atomic E-state index is -0.00461. The predicted octanol–water partition coefficient (Wildman–Crippen LogP) is 4.79. The van der Waals surface area contributed by atoms with Gasteiger partial charge in [0.2, 0.25) is 0 Å². The fourth-order valence-electron chi connectivity index (χ4n) is 4.06. The van der Waals surface area contributed by atoms with Crippen molar-refractivity contribution in [1.82, 2.24) is 10.2 Å². The Kier molecular flexibility index (Phi) is 8.28.